The molecular formula is C16H28N6O7S. The molecule has 0 aliphatic rings. The van der Waals surface area contributed by atoms with Gasteiger partial charge < -0.3 is 38.3 Å². The Morgan fingerprint density at radius 2 is 1.57 bits per heavy atom. The molecule has 0 spiro atoms. The van der Waals surface area contributed by atoms with Crippen LogP contribution in [0.25, 0.3) is 0 Å². The Balaban J connectivity index is 4.89. The lowest BCUT2D eigenvalue weighted by Gasteiger charge is -2.20. The molecule has 3 atom stereocenters. The zero-order chi connectivity index (χ0) is 23.3. The minimum Gasteiger partial charge on any atom is -0.480 e. The molecule has 5 amide bonds. The number of thioether (sulfide) groups is 1. The number of nitrogens with one attached hydrogen (secondary N) is 3. The van der Waals surface area contributed by atoms with Gasteiger partial charge in [0.15, 0.2) is 0 Å². The van der Waals surface area contributed by atoms with Crippen LogP contribution < -0.4 is 33.2 Å². The van der Waals surface area contributed by atoms with E-state index in [9.17, 15) is 28.8 Å². The molecule has 10 N–H and O–H groups in total. The predicted molar refractivity (Wildman–Crippen MR) is 108 cm³/mol. The van der Waals surface area contributed by atoms with Gasteiger partial charge in [0, 0.05) is 6.42 Å². The van der Waals surface area contributed by atoms with Crippen molar-refractivity contribution in [3.05, 3.63) is 0 Å². The summed E-state index contributed by atoms with van der Waals surface area (Å²) < 4.78 is 0. The molecule has 14 heteroatoms. The van der Waals surface area contributed by atoms with E-state index in [1.54, 1.807) is 0 Å². The molecule has 0 radical (unpaired) electrons. The molecule has 0 aromatic rings. The fourth-order valence-electron chi connectivity index (χ4n) is 2.15. The molecular weight excluding hydrogens is 420 g/mol. The molecule has 170 valence electrons. The highest BCUT2D eigenvalue weighted by Gasteiger charge is 2.28. The number of aliphatic carboxylic acids is 1. The van der Waals surface area contributed by atoms with Crippen LogP contribution in [0.4, 0.5) is 0 Å². The second kappa shape index (κ2) is 14.2. The van der Waals surface area contributed by atoms with Gasteiger partial charge in [0.1, 0.15) is 12.1 Å². The number of nitrogens with two attached hydrogens (primary N) is 3. The summed E-state index contributed by atoms with van der Waals surface area (Å²) in [5, 5.41) is 15.7. The first-order valence-corrected chi connectivity index (χ1v) is 10.3. The third-order valence-electron chi connectivity index (χ3n) is 3.74. The van der Waals surface area contributed by atoms with Crippen molar-refractivity contribution in [1.29, 1.82) is 0 Å². The first-order chi connectivity index (χ1) is 14.0. The van der Waals surface area contributed by atoms with Gasteiger partial charge in [0.2, 0.25) is 29.5 Å². The van der Waals surface area contributed by atoms with Crippen molar-refractivity contribution in [2.24, 2.45) is 17.2 Å². The van der Waals surface area contributed by atoms with Crippen molar-refractivity contribution in [3.63, 3.8) is 0 Å². The summed E-state index contributed by atoms with van der Waals surface area (Å²) >= 11 is 1.51. The lowest BCUT2D eigenvalue weighted by Crippen LogP contribution is -2.54. The number of primary amides is 2. The zero-order valence-electron chi connectivity index (χ0n) is 16.5. The summed E-state index contributed by atoms with van der Waals surface area (Å²) in [5.74, 6) is -4.84. The summed E-state index contributed by atoms with van der Waals surface area (Å²) in [6.07, 6.45) is 1.07. The number of hydrogen-bond acceptors (Lipinski definition) is 8. The van der Waals surface area contributed by atoms with Crippen molar-refractivity contribution in [2.45, 2.75) is 43.8 Å². The van der Waals surface area contributed by atoms with E-state index < -0.39 is 66.6 Å². The molecule has 0 heterocycles. The lowest BCUT2D eigenvalue weighted by molar-refractivity contribution is -0.142. The second-order valence-electron chi connectivity index (χ2n) is 6.30. The number of carbonyl (C=O) groups is 6. The number of hydrogen-bond donors (Lipinski definition) is 7. The van der Waals surface area contributed by atoms with Crippen LogP contribution in [-0.2, 0) is 28.8 Å². The molecule has 0 saturated heterocycles. The number of carbonyl (C=O) groups excluding carboxylic acids is 5. The molecule has 0 fully saturated rings. The van der Waals surface area contributed by atoms with Crippen LogP contribution in [0.1, 0.15) is 25.7 Å². The Hall–Kier alpha value is -2.87. The molecule has 30 heavy (non-hydrogen) atoms. The fraction of sp³-hybridized carbons (Fsp3) is 0.625. The van der Waals surface area contributed by atoms with E-state index in [1.165, 1.54) is 11.8 Å². The quantitative estimate of drug-likeness (QED) is 0.131. The van der Waals surface area contributed by atoms with Crippen LogP contribution >= 0.6 is 11.8 Å². The van der Waals surface area contributed by atoms with E-state index in [0.717, 1.165) is 0 Å². The third kappa shape index (κ3) is 11.9. The maximum Gasteiger partial charge on any atom is 0.326 e. The molecule has 0 bridgehead atoms. The van der Waals surface area contributed by atoms with Crippen LogP contribution in [0.3, 0.4) is 0 Å². The van der Waals surface area contributed by atoms with Gasteiger partial charge in [0.25, 0.3) is 0 Å². The summed E-state index contributed by atoms with van der Waals surface area (Å²) in [7, 11) is 0. The van der Waals surface area contributed by atoms with Gasteiger partial charge >= 0.3 is 5.97 Å². The summed E-state index contributed by atoms with van der Waals surface area (Å²) in [6.45, 7) is -0.515. The first-order valence-electron chi connectivity index (χ1n) is 8.89. The van der Waals surface area contributed by atoms with Gasteiger partial charge in [-0.3, -0.25) is 24.0 Å². The third-order valence-corrected chi connectivity index (χ3v) is 4.39. The standard InChI is InChI=1S/C16H28N6O7S/c1-30-5-4-8(17)14(26)20-7-13(25)21-10(6-12(19)24)15(27)22-9(16(28)29)2-3-11(18)23/h8-10H,2-7,17H2,1H3,(H2,18,23)(H2,19,24)(H,20,26)(H,21,25)(H,22,27)(H,28,29). The molecule has 13 nitrogen and oxygen atoms in total. The van der Waals surface area contributed by atoms with Gasteiger partial charge in [-0.25, -0.2) is 4.79 Å². The molecule has 0 rings (SSSR count). The van der Waals surface area contributed by atoms with Gasteiger partial charge in [-0.1, -0.05) is 0 Å². The van der Waals surface area contributed by atoms with Crippen LogP contribution in [0.15, 0.2) is 0 Å². The normalized spacial score (nSPS) is 13.4. The van der Waals surface area contributed by atoms with Gasteiger partial charge in [-0.2, -0.15) is 11.8 Å². The monoisotopic (exact) mass is 448 g/mol. The Morgan fingerprint density at radius 3 is 2.07 bits per heavy atom. The Bertz CT molecular complexity index is 660. The van der Waals surface area contributed by atoms with Crippen LogP contribution in [0.5, 0.6) is 0 Å². The molecule has 0 aromatic carbocycles. The first kappa shape index (κ1) is 27.1. The highest BCUT2D eigenvalue weighted by atomic mass is 32.2. The van der Waals surface area contributed by atoms with Gasteiger partial charge in [0.05, 0.1) is 19.0 Å². The minimum atomic E-state index is -1.48. The van der Waals surface area contributed by atoms with Gasteiger partial charge in [-0.15, -0.1) is 0 Å². The number of amides is 5. The highest BCUT2D eigenvalue weighted by molar-refractivity contribution is 7.98. The molecule has 0 aliphatic carbocycles. The van der Waals surface area contributed by atoms with Crippen LogP contribution in [0, 0.1) is 0 Å². The SMILES string of the molecule is CSCCC(N)C(=O)NCC(=O)NC(CC(N)=O)C(=O)NC(CCC(N)=O)C(=O)O. The second-order valence-corrected chi connectivity index (χ2v) is 7.29. The topological polar surface area (TPSA) is 237 Å². The Labute approximate surface area is 177 Å². The van der Waals surface area contributed by atoms with E-state index in [2.05, 4.69) is 16.0 Å². The van der Waals surface area contributed by atoms with E-state index >= 15 is 0 Å². The fourth-order valence-corrected chi connectivity index (χ4v) is 2.64. The largest absolute Gasteiger partial charge is 0.480 e. The highest BCUT2D eigenvalue weighted by Crippen LogP contribution is 2.01. The van der Waals surface area contributed by atoms with E-state index in [1.807, 2.05) is 6.26 Å². The van der Waals surface area contributed by atoms with Crippen molar-refractivity contribution in [3.8, 4) is 0 Å². The lowest BCUT2D eigenvalue weighted by atomic mass is 10.1. The molecule has 0 saturated carbocycles. The van der Waals surface area contributed by atoms with E-state index in [-0.39, 0.29) is 12.8 Å². The predicted octanol–water partition coefficient (Wildman–Crippen LogP) is -3.62. The molecule has 0 aromatic heterocycles. The zero-order valence-corrected chi connectivity index (χ0v) is 17.3. The summed E-state index contributed by atoms with van der Waals surface area (Å²) in [4.78, 5) is 69.4. The summed E-state index contributed by atoms with van der Waals surface area (Å²) in [5.41, 5.74) is 15.7. The van der Waals surface area contributed by atoms with Crippen molar-refractivity contribution in [2.75, 3.05) is 18.6 Å². The van der Waals surface area contributed by atoms with Gasteiger partial charge in [-0.05, 0) is 24.9 Å². The summed E-state index contributed by atoms with van der Waals surface area (Å²) in [6, 6.07) is -3.75. The smallest absolute Gasteiger partial charge is 0.326 e. The van der Waals surface area contributed by atoms with E-state index in [0.29, 0.717) is 12.2 Å². The van der Waals surface area contributed by atoms with Crippen molar-refractivity contribution >= 4 is 47.3 Å². The average molecular weight is 449 g/mol. The van der Waals surface area contributed by atoms with E-state index in [4.69, 9.17) is 22.3 Å². The number of carboxylic acids is 1. The number of rotatable bonds is 15. The minimum absolute atomic E-state index is 0.280. The van der Waals surface area contributed by atoms with Crippen molar-refractivity contribution < 1.29 is 33.9 Å². The maximum absolute atomic E-state index is 12.3. The molecule has 3 unspecified atom stereocenters. The van der Waals surface area contributed by atoms with Crippen LogP contribution in [-0.4, -0.2) is 77.3 Å². The number of carboxylic acid groups (broad SMARTS) is 1. The maximum atomic E-state index is 12.3. The Morgan fingerprint density at radius 1 is 0.933 bits per heavy atom. The Kier molecular flexibility index (Phi) is 12.8. The van der Waals surface area contributed by atoms with Crippen LogP contribution in [0.2, 0.25) is 0 Å². The molecule has 0 aliphatic heterocycles. The average Bonchev–Trinajstić information content (AvgIpc) is 2.65. The van der Waals surface area contributed by atoms with Crippen molar-refractivity contribution in [1.82, 2.24) is 16.0 Å².